The highest BCUT2D eigenvalue weighted by Crippen LogP contribution is 2.08. The van der Waals surface area contributed by atoms with Gasteiger partial charge in [0.1, 0.15) is 12.4 Å². The second-order valence-electron chi connectivity index (χ2n) is 3.21. The Kier molecular flexibility index (Phi) is 2.08. The lowest BCUT2D eigenvalue weighted by Crippen LogP contribution is -2.49. The zero-order chi connectivity index (χ0) is 10.1. The van der Waals surface area contributed by atoms with Crippen molar-refractivity contribution in [3.8, 4) is 0 Å². The van der Waals surface area contributed by atoms with Crippen LogP contribution in [0.2, 0.25) is 0 Å². The van der Waals surface area contributed by atoms with Gasteiger partial charge in [0.2, 0.25) is 0 Å². The van der Waals surface area contributed by atoms with Gasteiger partial charge in [0.15, 0.2) is 5.58 Å². The quantitative estimate of drug-likeness (QED) is 0.633. The monoisotopic (exact) mass is 190 g/mol. The van der Waals surface area contributed by atoms with E-state index in [1.165, 1.54) is 0 Å². The van der Waals surface area contributed by atoms with Gasteiger partial charge in [0, 0.05) is 0 Å². The van der Waals surface area contributed by atoms with Gasteiger partial charge in [0.25, 0.3) is 0 Å². The van der Waals surface area contributed by atoms with Crippen LogP contribution in [0.1, 0.15) is 12.8 Å². The number of para-hydroxylation sites is 1. The Morgan fingerprint density at radius 1 is 1.36 bits per heavy atom. The van der Waals surface area contributed by atoms with Gasteiger partial charge in [-0.05, 0) is 12.1 Å². The van der Waals surface area contributed by atoms with Crippen molar-refractivity contribution in [2.45, 2.75) is 13.3 Å². The smallest absolute Gasteiger partial charge is 0.407 e. The fourth-order valence-corrected chi connectivity index (χ4v) is 1.53. The Balaban J connectivity index is 2.92. The van der Waals surface area contributed by atoms with Crippen molar-refractivity contribution in [2.24, 2.45) is 7.05 Å². The van der Waals surface area contributed by atoms with Crippen LogP contribution in [0, 0.1) is 0 Å². The third kappa shape index (κ3) is 1.21. The van der Waals surface area contributed by atoms with E-state index in [2.05, 4.69) is 0 Å². The number of rotatable bonds is 1. The first kappa shape index (κ1) is 8.94. The van der Waals surface area contributed by atoms with Gasteiger partial charge in [-0.3, -0.25) is 0 Å². The minimum Gasteiger partial charge on any atom is -0.407 e. The summed E-state index contributed by atoms with van der Waals surface area (Å²) in [4.78, 5) is 11.8. The first-order valence-corrected chi connectivity index (χ1v) is 4.64. The van der Waals surface area contributed by atoms with Gasteiger partial charge < -0.3 is 4.42 Å². The van der Waals surface area contributed by atoms with Crippen molar-refractivity contribution in [1.29, 1.82) is 0 Å². The van der Waals surface area contributed by atoms with Crippen molar-refractivity contribution in [1.82, 2.24) is 0 Å². The van der Waals surface area contributed by atoms with E-state index in [-0.39, 0.29) is 5.56 Å². The molecule has 0 aliphatic carbocycles. The van der Waals surface area contributed by atoms with Crippen molar-refractivity contribution >= 4 is 11.0 Å². The maximum Gasteiger partial charge on any atom is 0.425 e. The maximum absolute atomic E-state index is 11.8. The van der Waals surface area contributed by atoms with Gasteiger partial charge in [-0.15, -0.1) is 4.57 Å². The van der Waals surface area contributed by atoms with E-state index in [9.17, 15) is 4.79 Å². The summed E-state index contributed by atoms with van der Waals surface area (Å²) < 4.78 is 7.14. The summed E-state index contributed by atoms with van der Waals surface area (Å²) in [5.41, 5.74) is 0.663. The first-order valence-electron chi connectivity index (χ1n) is 4.64. The number of hydrogen-bond donors (Lipinski definition) is 0. The zero-order valence-corrected chi connectivity index (χ0v) is 8.28. The molecule has 3 heteroatoms. The van der Waals surface area contributed by atoms with Gasteiger partial charge >= 0.3 is 11.4 Å². The van der Waals surface area contributed by atoms with E-state index < -0.39 is 0 Å². The SMILES string of the molecule is CCc1oc2ccccc2c(=O)[n+]1C. The van der Waals surface area contributed by atoms with Crippen LogP contribution < -0.4 is 10.1 Å². The third-order valence-electron chi connectivity index (χ3n) is 2.33. The molecule has 0 atom stereocenters. The average molecular weight is 190 g/mol. The van der Waals surface area contributed by atoms with Crippen molar-refractivity contribution in [3.63, 3.8) is 0 Å². The summed E-state index contributed by atoms with van der Waals surface area (Å²) in [6.07, 6.45) is 0.719. The molecule has 0 aliphatic heterocycles. The summed E-state index contributed by atoms with van der Waals surface area (Å²) in [6.45, 7) is 1.97. The molecule has 0 unspecified atom stereocenters. The Morgan fingerprint density at radius 3 is 2.79 bits per heavy atom. The normalized spacial score (nSPS) is 10.7. The summed E-state index contributed by atoms with van der Waals surface area (Å²) in [5, 5.41) is 0.632. The lowest BCUT2D eigenvalue weighted by Gasteiger charge is -1.97. The zero-order valence-electron chi connectivity index (χ0n) is 8.28. The van der Waals surface area contributed by atoms with E-state index in [1.807, 2.05) is 25.1 Å². The fraction of sp³-hybridized carbons (Fsp3) is 0.273. The molecule has 1 aromatic heterocycles. The van der Waals surface area contributed by atoms with E-state index >= 15 is 0 Å². The highest BCUT2D eigenvalue weighted by atomic mass is 16.3. The Hall–Kier alpha value is -1.64. The minimum atomic E-state index is 0.00343. The molecular formula is C11H12NO2+. The second-order valence-corrected chi connectivity index (χ2v) is 3.21. The molecule has 1 heterocycles. The van der Waals surface area contributed by atoms with Gasteiger partial charge in [-0.25, -0.2) is 4.79 Å². The minimum absolute atomic E-state index is 0.00343. The molecule has 0 spiro atoms. The summed E-state index contributed by atoms with van der Waals surface area (Å²) in [6, 6.07) is 7.30. The lowest BCUT2D eigenvalue weighted by atomic mass is 10.2. The van der Waals surface area contributed by atoms with Crippen molar-refractivity contribution in [2.75, 3.05) is 0 Å². The first-order chi connectivity index (χ1) is 6.74. The van der Waals surface area contributed by atoms with Crippen molar-refractivity contribution in [3.05, 3.63) is 40.5 Å². The average Bonchev–Trinajstić information content (AvgIpc) is 2.23. The largest absolute Gasteiger partial charge is 0.425 e. The molecule has 0 radical (unpaired) electrons. The summed E-state index contributed by atoms with van der Waals surface area (Å²) >= 11 is 0. The predicted molar refractivity (Wildman–Crippen MR) is 53.0 cm³/mol. The van der Waals surface area contributed by atoms with Crippen LogP contribution in [0.15, 0.2) is 33.5 Å². The van der Waals surface area contributed by atoms with Crippen LogP contribution in [0.25, 0.3) is 11.0 Å². The van der Waals surface area contributed by atoms with Gasteiger partial charge in [0.05, 0.1) is 6.42 Å². The Bertz CT molecular complexity index is 528. The summed E-state index contributed by atoms with van der Waals surface area (Å²) in [7, 11) is 1.73. The highest BCUT2D eigenvalue weighted by molar-refractivity contribution is 5.74. The van der Waals surface area contributed by atoms with Crippen LogP contribution in [-0.2, 0) is 13.5 Å². The van der Waals surface area contributed by atoms with E-state index in [0.29, 0.717) is 16.9 Å². The molecule has 0 fully saturated rings. The predicted octanol–water partition coefficient (Wildman–Crippen LogP) is 1.18. The Morgan fingerprint density at radius 2 is 2.07 bits per heavy atom. The molecule has 1 aromatic carbocycles. The highest BCUT2D eigenvalue weighted by Gasteiger charge is 2.15. The van der Waals surface area contributed by atoms with E-state index in [4.69, 9.17) is 4.42 Å². The topological polar surface area (TPSA) is 34.1 Å². The standard InChI is InChI=1S/C11H12NO2/c1-3-10-12(2)11(13)8-6-4-5-7-9(8)14-10/h4-7H,3H2,1-2H3/q+1. The molecule has 14 heavy (non-hydrogen) atoms. The maximum atomic E-state index is 11.8. The van der Waals surface area contributed by atoms with E-state index in [1.54, 1.807) is 17.7 Å². The van der Waals surface area contributed by atoms with Gasteiger partial charge in [-0.1, -0.05) is 19.1 Å². The number of aromatic nitrogens is 1. The molecular weight excluding hydrogens is 178 g/mol. The molecule has 0 N–H and O–H groups in total. The molecule has 72 valence electrons. The summed E-state index contributed by atoms with van der Waals surface area (Å²) in [5.74, 6) is 0.703. The van der Waals surface area contributed by atoms with Crippen LogP contribution in [-0.4, -0.2) is 0 Å². The number of nitrogens with zero attached hydrogens (tertiary/aromatic N) is 1. The second kappa shape index (κ2) is 3.25. The molecule has 0 saturated heterocycles. The third-order valence-corrected chi connectivity index (χ3v) is 2.33. The molecule has 0 bridgehead atoms. The molecule has 0 aliphatic rings. The number of aryl methyl sites for hydroxylation is 1. The molecule has 2 rings (SSSR count). The van der Waals surface area contributed by atoms with Crippen molar-refractivity contribution < 1.29 is 8.98 Å². The number of hydrogen-bond acceptors (Lipinski definition) is 2. The lowest BCUT2D eigenvalue weighted by molar-refractivity contribution is -0.702. The molecule has 2 aromatic rings. The van der Waals surface area contributed by atoms with Crippen LogP contribution in [0.3, 0.4) is 0 Å². The number of benzene rings is 1. The molecule has 3 nitrogen and oxygen atoms in total. The molecule has 0 amide bonds. The fourth-order valence-electron chi connectivity index (χ4n) is 1.53. The Labute approximate surface area is 81.6 Å². The van der Waals surface area contributed by atoms with E-state index in [0.717, 1.165) is 6.42 Å². The van der Waals surface area contributed by atoms with Crippen LogP contribution in [0.4, 0.5) is 0 Å². The van der Waals surface area contributed by atoms with Crippen LogP contribution in [0.5, 0.6) is 0 Å². The van der Waals surface area contributed by atoms with Crippen LogP contribution >= 0.6 is 0 Å². The molecule has 0 saturated carbocycles. The van der Waals surface area contributed by atoms with Gasteiger partial charge in [-0.2, -0.15) is 0 Å². The number of fused-ring (bicyclic) bond motifs is 1.